The minimum atomic E-state index is -1.03. The van der Waals surface area contributed by atoms with E-state index in [0.717, 1.165) is 24.0 Å². The highest BCUT2D eigenvalue weighted by molar-refractivity contribution is 5.88. The minimum Gasteiger partial charge on any atom is -0.491 e. The molecule has 204 valence electrons. The van der Waals surface area contributed by atoms with Gasteiger partial charge >= 0.3 is 0 Å². The largest absolute Gasteiger partial charge is 0.491 e. The lowest BCUT2D eigenvalue weighted by Crippen LogP contribution is -2.55. The number of nitrogens with one attached hydrogen (secondary N) is 3. The molecule has 4 N–H and O–H groups in total. The first-order valence-corrected chi connectivity index (χ1v) is 13.3. The maximum Gasteiger partial charge on any atom is 0.243 e. The zero-order valence-electron chi connectivity index (χ0n) is 21.8. The molecule has 1 saturated carbocycles. The van der Waals surface area contributed by atoms with Gasteiger partial charge in [-0.2, -0.15) is 0 Å². The van der Waals surface area contributed by atoms with Crippen molar-refractivity contribution in [2.24, 2.45) is 0 Å². The summed E-state index contributed by atoms with van der Waals surface area (Å²) in [7, 11) is 0. The van der Waals surface area contributed by atoms with Gasteiger partial charge in [0.25, 0.3) is 0 Å². The summed E-state index contributed by atoms with van der Waals surface area (Å²) >= 11 is 0. The molecule has 2 aromatic rings. The van der Waals surface area contributed by atoms with Crippen LogP contribution in [0.4, 0.5) is 4.39 Å². The standard InChI is InChI=1S/C31H34FN3O4/c1-3-8-25-30(38)35-26(27(36)20-33-31(14-15-31)23-10-7-9-21(4-2)17-23)19-22-12-13-28(24(32)18-22)39-16-6-5-11-29(37)34-25/h1-2,7,9-10,12-13,17-18,25-27,33,36H,5-6,8,11,14-16,19-20H2,(H,34,37)(H,35,38)/t25?,26-,27+/m0/s1. The molecule has 1 unspecified atom stereocenters. The van der Waals surface area contributed by atoms with Crippen molar-refractivity contribution in [3.63, 3.8) is 0 Å². The lowest BCUT2D eigenvalue weighted by molar-refractivity contribution is -0.129. The number of halogens is 1. The van der Waals surface area contributed by atoms with E-state index in [2.05, 4.69) is 27.8 Å². The lowest BCUT2D eigenvalue weighted by Gasteiger charge is -2.29. The molecule has 0 saturated heterocycles. The molecule has 0 spiro atoms. The fourth-order valence-corrected chi connectivity index (χ4v) is 4.81. The molecule has 8 heteroatoms. The first kappa shape index (κ1) is 28.2. The van der Waals surface area contributed by atoms with Crippen molar-refractivity contribution in [2.45, 2.75) is 68.7 Å². The molecule has 39 heavy (non-hydrogen) atoms. The number of terminal acetylenes is 2. The van der Waals surface area contributed by atoms with Crippen LogP contribution in [0.1, 0.15) is 55.2 Å². The van der Waals surface area contributed by atoms with Crippen LogP contribution < -0.4 is 20.7 Å². The summed E-state index contributed by atoms with van der Waals surface area (Å²) in [5.41, 5.74) is 2.10. The Morgan fingerprint density at radius 3 is 2.69 bits per heavy atom. The summed E-state index contributed by atoms with van der Waals surface area (Å²) in [5.74, 6) is 3.88. The average Bonchev–Trinajstić information content (AvgIpc) is 3.72. The molecule has 2 heterocycles. The Kier molecular flexibility index (Phi) is 9.24. The van der Waals surface area contributed by atoms with Gasteiger partial charge in [-0.1, -0.05) is 24.1 Å². The number of ether oxygens (including phenoxy) is 1. The summed E-state index contributed by atoms with van der Waals surface area (Å²) < 4.78 is 20.3. The van der Waals surface area contributed by atoms with E-state index in [1.54, 1.807) is 12.1 Å². The minimum absolute atomic E-state index is 0.000293. The third-order valence-electron chi connectivity index (χ3n) is 7.25. The molecule has 3 atom stereocenters. The topological polar surface area (TPSA) is 99.7 Å². The van der Waals surface area contributed by atoms with Gasteiger partial charge in [0, 0.05) is 30.5 Å². The van der Waals surface area contributed by atoms with Crippen molar-refractivity contribution < 1.29 is 23.8 Å². The number of aliphatic hydroxyl groups is 1. The van der Waals surface area contributed by atoms with Gasteiger partial charge in [-0.15, -0.1) is 18.8 Å². The maximum atomic E-state index is 14.7. The Hall–Kier alpha value is -3.85. The molecule has 2 bridgehead atoms. The lowest BCUT2D eigenvalue weighted by atomic mass is 9.98. The van der Waals surface area contributed by atoms with E-state index >= 15 is 0 Å². The Morgan fingerprint density at radius 2 is 1.97 bits per heavy atom. The molecular weight excluding hydrogens is 497 g/mol. The molecule has 0 aromatic heterocycles. The number of carbonyl (C=O) groups excluding carboxylic acids is 2. The second-order valence-corrected chi connectivity index (χ2v) is 10.2. The van der Waals surface area contributed by atoms with E-state index in [-0.39, 0.29) is 49.6 Å². The van der Waals surface area contributed by atoms with E-state index in [1.165, 1.54) is 6.07 Å². The molecule has 0 radical (unpaired) electrons. The highest BCUT2D eigenvalue weighted by Crippen LogP contribution is 2.45. The number of fused-ring (bicyclic) bond motifs is 13. The third kappa shape index (κ3) is 7.38. The molecular formula is C31H34FN3O4. The number of rotatable bonds is 6. The van der Waals surface area contributed by atoms with Gasteiger partial charge in [0.15, 0.2) is 11.6 Å². The number of hydrogen-bond acceptors (Lipinski definition) is 5. The third-order valence-corrected chi connectivity index (χ3v) is 7.25. The number of amides is 2. The Labute approximate surface area is 228 Å². The van der Waals surface area contributed by atoms with Gasteiger partial charge in [0.1, 0.15) is 6.04 Å². The van der Waals surface area contributed by atoms with E-state index in [0.29, 0.717) is 18.4 Å². The van der Waals surface area contributed by atoms with Crippen molar-refractivity contribution in [3.05, 3.63) is 65.0 Å². The smallest absolute Gasteiger partial charge is 0.243 e. The van der Waals surface area contributed by atoms with Crippen LogP contribution in [0.3, 0.4) is 0 Å². The predicted molar refractivity (Wildman–Crippen MR) is 146 cm³/mol. The summed E-state index contributed by atoms with van der Waals surface area (Å²) in [6.45, 7) is 0.428. The predicted octanol–water partition coefficient (Wildman–Crippen LogP) is 2.54. The molecule has 7 nitrogen and oxygen atoms in total. The highest BCUT2D eigenvalue weighted by Gasteiger charge is 2.44. The van der Waals surface area contributed by atoms with Gasteiger partial charge in [-0.05, 0) is 67.5 Å². The van der Waals surface area contributed by atoms with Crippen molar-refractivity contribution in [2.75, 3.05) is 13.2 Å². The summed E-state index contributed by atoms with van der Waals surface area (Å²) in [5, 5.41) is 20.3. The highest BCUT2D eigenvalue weighted by atomic mass is 19.1. The number of hydrogen-bond donors (Lipinski definition) is 4. The molecule has 1 aliphatic carbocycles. The summed E-state index contributed by atoms with van der Waals surface area (Å²) in [4.78, 5) is 25.7. The van der Waals surface area contributed by atoms with Crippen LogP contribution in [0.2, 0.25) is 0 Å². The Morgan fingerprint density at radius 1 is 1.15 bits per heavy atom. The van der Waals surface area contributed by atoms with E-state index < -0.39 is 29.9 Å². The first-order chi connectivity index (χ1) is 18.8. The fraction of sp³-hybridized carbons (Fsp3) is 0.419. The quantitative estimate of drug-likeness (QED) is 0.430. The fourth-order valence-electron chi connectivity index (χ4n) is 4.81. The number of aliphatic hydroxyl groups excluding tert-OH is 1. The second-order valence-electron chi connectivity index (χ2n) is 10.2. The first-order valence-electron chi connectivity index (χ1n) is 13.3. The van der Waals surface area contributed by atoms with Crippen LogP contribution in [-0.2, 0) is 21.5 Å². The Bertz CT molecular complexity index is 1280. The molecule has 5 rings (SSSR count). The van der Waals surface area contributed by atoms with Gasteiger partial charge in [-0.25, -0.2) is 4.39 Å². The van der Waals surface area contributed by atoms with Crippen LogP contribution in [0.25, 0.3) is 0 Å². The van der Waals surface area contributed by atoms with Crippen molar-refractivity contribution in [3.8, 4) is 30.4 Å². The van der Waals surface area contributed by atoms with Crippen molar-refractivity contribution in [1.82, 2.24) is 16.0 Å². The molecule has 2 aliphatic heterocycles. The van der Waals surface area contributed by atoms with Crippen molar-refractivity contribution >= 4 is 11.8 Å². The number of benzene rings is 2. The molecule has 1 fully saturated rings. The molecule has 2 amide bonds. The number of carbonyl (C=O) groups is 2. The van der Waals surface area contributed by atoms with E-state index in [4.69, 9.17) is 17.6 Å². The van der Waals surface area contributed by atoms with Crippen LogP contribution >= 0.6 is 0 Å². The monoisotopic (exact) mass is 531 g/mol. The second kappa shape index (κ2) is 12.8. The van der Waals surface area contributed by atoms with Gasteiger partial charge in [0.05, 0.1) is 18.8 Å². The van der Waals surface area contributed by atoms with E-state index in [1.807, 2.05) is 24.3 Å². The zero-order chi connectivity index (χ0) is 27.8. The van der Waals surface area contributed by atoms with Crippen LogP contribution in [-0.4, -0.2) is 48.3 Å². The normalized spacial score (nSPS) is 21.9. The van der Waals surface area contributed by atoms with Gasteiger partial charge < -0.3 is 25.8 Å². The van der Waals surface area contributed by atoms with Gasteiger partial charge in [-0.3, -0.25) is 9.59 Å². The van der Waals surface area contributed by atoms with Crippen LogP contribution in [0.15, 0.2) is 42.5 Å². The maximum absolute atomic E-state index is 14.7. The van der Waals surface area contributed by atoms with Crippen LogP contribution in [0.5, 0.6) is 5.75 Å². The summed E-state index contributed by atoms with van der Waals surface area (Å²) in [6, 6.07) is 10.6. The van der Waals surface area contributed by atoms with Crippen molar-refractivity contribution in [1.29, 1.82) is 0 Å². The van der Waals surface area contributed by atoms with Gasteiger partial charge in [0.2, 0.25) is 11.8 Å². The van der Waals surface area contributed by atoms with Crippen LogP contribution in [0, 0.1) is 30.5 Å². The van der Waals surface area contributed by atoms with E-state index in [9.17, 15) is 19.1 Å². The average molecular weight is 532 g/mol. The SMILES string of the molecule is C#CCC1NC(=O)CCCCOc2ccc(cc2F)C[C@@H]([C@H](O)CNC2(c3cccc(C#C)c3)CC2)NC1=O. The summed E-state index contributed by atoms with van der Waals surface area (Å²) in [6.07, 6.45) is 13.2. The Balaban J connectivity index is 1.54. The molecule has 2 aromatic carbocycles. The molecule has 3 aliphatic rings. The zero-order valence-corrected chi connectivity index (χ0v) is 21.8.